The van der Waals surface area contributed by atoms with Gasteiger partial charge in [-0.1, -0.05) is 11.6 Å². The molecule has 2 rings (SSSR count). The molecule has 2 aromatic carbocycles. The molecule has 0 aliphatic heterocycles. The van der Waals surface area contributed by atoms with Gasteiger partial charge in [0.15, 0.2) is 5.75 Å². The van der Waals surface area contributed by atoms with E-state index in [0.717, 1.165) is 30.3 Å². The summed E-state index contributed by atoms with van der Waals surface area (Å²) in [5.74, 6) is -0.387. The Kier molecular flexibility index (Phi) is 4.72. The summed E-state index contributed by atoms with van der Waals surface area (Å²) in [5.41, 5.74) is -1.39. The van der Waals surface area contributed by atoms with Crippen LogP contribution in [0.15, 0.2) is 47.4 Å². The molecule has 0 heterocycles. The summed E-state index contributed by atoms with van der Waals surface area (Å²) in [6.07, 6.45) is -4.61. The van der Waals surface area contributed by atoms with Gasteiger partial charge in [-0.05, 0) is 30.3 Å². The minimum absolute atomic E-state index is 0.334. The molecular weight excluding hydrogens is 375 g/mol. The highest BCUT2D eigenvalue weighted by Crippen LogP contribution is 2.32. The predicted octanol–water partition coefficient (Wildman–Crippen LogP) is 4.03. The van der Waals surface area contributed by atoms with E-state index in [0.29, 0.717) is 12.1 Å². The van der Waals surface area contributed by atoms with Crippen molar-refractivity contribution in [1.82, 2.24) is 0 Å². The van der Waals surface area contributed by atoms with Gasteiger partial charge in [0.1, 0.15) is 4.90 Å². The molecule has 0 aliphatic rings. The third kappa shape index (κ3) is 3.95. The van der Waals surface area contributed by atoms with Crippen molar-refractivity contribution >= 4 is 27.4 Å². The zero-order chi connectivity index (χ0) is 18.1. The summed E-state index contributed by atoms with van der Waals surface area (Å²) in [6, 6.07) is 5.49. The van der Waals surface area contributed by atoms with Crippen LogP contribution < -0.4 is 4.18 Å². The van der Waals surface area contributed by atoms with Crippen LogP contribution in [0.5, 0.6) is 5.75 Å². The van der Waals surface area contributed by atoms with Crippen LogP contribution in [0.4, 0.5) is 18.9 Å². The lowest BCUT2D eigenvalue weighted by molar-refractivity contribution is -0.384. The molecule has 0 amide bonds. The van der Waals surface area contributed by atoms with Crippen molar-refractivity contribution in [2.45, 2.75) is 11.1 Å². The summed E-state index contributed by atoms with van der Waals surface area (Å²) in [7, 11) is -4.45. The van der Waals surface area contributed by atoms with Gasteiger partial charge in [0.2, 0.25) is 0 Å². The lowest BCUT2D eigenvalue weighted by Gasteiger charge is -2.10. The summed E-state index contributed by atoms with van der Waals surface area (Å²) < 4.78 is 66.2. The van der Waals surface area contributed by atoms with Crippen LogP contribution in [-0.2, 0) is 16.3 Å². The third-order valence-corrected chi connectivity index (χ3v) is 4.34. The topological polar surface area (TPSA) is 86.5 Å². The van der Waals surface area contributed by atoms with Crippen LogP contribution in [0.25, 0.3) is 0 Å². The number of alkyl halides is 3. The predicted molar refractivity (Wildman–Crippen MR) is 77.4 cm³/mol. The molecule has 2 aromatic rings. The lowest BCUT2D eigenvalue weighted by Crippen LogP contribution is -2.11. The summed E-state index contributed by atoms with van der Waals surface area (Å²) >= 11 is 5.71. The quantitative estimate of drug-likeness (QED) is 0.453. The van der Waals surface area contributed by atoms with Crippen molar-refractivity contribution in [3.05, 3.63) is 63.2 Å². The Bertz CT molecular complexity index is 881. The molecule has 0 N–H and O–H groups in total. The van der Waals surface area contributed by atoms with Gasteiger partial charge in [-0.25, -0.2) is 0 Å². The van der Waals surface area contributed by atoms with Gasteiger partial charge in [-0.2, -0.15) is 21.6 Å². The minimum Gasteiger partial charge on any atom is -0.377 e. The first kappa shape index (κ1) is 18.0. The highest BCUT2D eigenvalue weighted by atomic mass is 35.5. The van der Waals surface area contributed by atoms with Gasteiger partial charge >= 0.3 is 16.3 Å². The molecule has 0 saturated heterocycles. The van der Waals surface area contributed by atoms with E-state index in [1.165, 1.54) is 0 Å². The van der Waals surface area contributed by atoms with Gasteiger partial charge in [-0.3, -0.25) is 10.1 Å². The Hall–Kier alpha value is -2.33. The van der Waals surface area contributed by atoms with Crippen molar-refractivity contribution in [2.75, 3.05) is 0 Å². The second kappa shape index (κ2) is 6.29. The smallest absolute Gasteiger partial charge is 0.377 e. The second-order valence-electron chi connectivity index (χ2n) is 4.43. The fourth-order valence-corrected chi connectivity index (χ4v) is 2.85. The highest BCUT2D eigenvalue weighted by molar-refractivity contribution is 7.87. The Balaban J connectivity index is 2.30. The molecule has 0 spiro atoms. The maximum atomic E-state index is 12.5. The van der Waals surface area contributed by atoms with Crippen molar-refractivity contribution in [1.29, 1.82) is 0 Å². The maximum Gasteiger partial charge on any atom is 0.416 e. The Morgan fingerprint density at radius 2 is 1.67 bits per heavy atom. The number of nitro benzene ring substituents is 1. The molecule has 128 valence electrons. The first-order chi connectivity index (χ1) is 11.0. The van der Waals surface area contributed by atoms with Crippen molar-refractivity contribution in [3.63, 3.8) is 0 Å². The summed E-state index contributed by atoms with van der Waals surface area (Å²) in [5, 5.41) is 10.2. The monoisotopic (exact) mass is 381 g/mol. The summed E-state index contributed by atoms with van der Waals surface area (Å²) in [4.78, 5) is 9.32. The first-order valence-electron chi connectivity index (χ1n) is 6.06. The molecule has 0 aromatic heterocycles. The molecule has 0 unspecified atom stereocenters. The molecule has 11 heteroatoms. The normalized spacial score (nSPS) is 12.0. The van der Waals surface area contributed by atoms with E-state index in [9.17, 15) is 31.7 Å². The van der Waals surface area contributed by atoms with E-state index >= 15 is 0 Å². The Labute approximate surface area is 138 Å². The van der Waals surface area contributed by atoms with Crippen LogP contribution in [0.1, 0.15) is 5.56 Å². The van der Waals surface area contributed by atoms with E-state index in [4.69, 9.17) is 15.8 Å². The highest BCUT2D eigenvalue weighted by Gasteiger charge is 2.31. The number of rotatable bonds is 4. The SMILES string of the molecule is O=[N+]([O-])c1ccc(OS(=O)(=O)c2ccc(C(F)(F)F)cc2)c(Cl)c1. The second-order valence-corrected chi connectivity index (χ2v) is 6.38. The van der Waals surface area contributed by atoms with Crippen LogP contribution in [-0.4, -0.2) is 13.3 Å². The van der Waals surface area contributed by atoms with E-state index in [1.54, 1.807) is 0 Å². The Morgan fingerprint density at radius 1 is 1.08 bits per heavy atom. The van der Waals surface area contributed by atoms with Gasteiger partial charge in [-0.15, -0.1) is 0 Å². The molecule has 0 fully saturated rings. The Morgan fingerprint density at radius 3 is 2.12 bits per heavy atom. The fraction of sp³-hybridized carbons (Fsp3) is 0.0769. The van der Waals surface area contributed by atoms with Crippen LogP contribution in [0.3, 0.4) is 0 Å². The molecule has 0 saturated carbocycles. The number of non-ortho nitro benzene ring substituents is 1. The van der Waals surface area contributed by atoms with E-state index in [1.807, 2.05) is 0 Å². The average Bonchev–Trinajstić information content (AvgIpc) is 2.48. The number of hydrogen-bond acceptors (Lipinski definition) is 5. The van der Waals surface area contributed by atoms with Crippen LogP contribution >= 0.6 is 11.6 Å². The van der Waals surface area contributed by atoms with Gasteiger partial charge < -0.3 is 4.18 Å². The number of hydrogen-bond donors (Lipinski definition) is 0. The van der Waals surface area contributed by atoms with Crippen LogP contribution in [0.2, 0.25) is 5.02 Å². The first-order valence-corrected chi connectivity index (χ1v) is 7.85. The maximum absolute atomic E-state index is 12.5. The molecule has 6 nitrogen and oxygen atoms in total. The van der Waals surface area contributed by atoms with Crippen molar-refractivity contribution < 1.29 is 30.7 Å². The average molecular weight is 382 g/mol. The van der Waals surface area contributed by atoms with Gasteiger partial charge in [0.25, 0.3) is 5.69 Å². The van der Waals surface area contributed by atoms with E-state index in [2.05, 4.69) is 0 Å². The van der Waals surface area contributed by atoms with E-state index < -0.39 is 31.7 Å². The fourth-order valence-electron chi connectivity index (χ4n) is 1.65. The van der Waals surface area contributed by atoms with Gasteiger partial charge in [0, 0.05) is 12.1 Å². The standard InChI is InChI=1S/C13H7ClF3NO5S/c14-11-7-9(18(19)20)3-6-12(11)23-24(21,22)10-4-1-8(2-5-10)13(15,16)17/h1-7H. The van der Waals surface area contributed by atoms with Crippen LogP contribution in [0, 0.1) is 10.1 Å². The zero-order valence-corrected chi connectivity index (χ0v) is 13.0. The summed E-state index contributed by atoms with van der Waals surface area (Å²) in [6.45, 7) is 0. The largest absolute Gasteiger partial charge is 0.416 e. The minimum atomic E-state index is -4.61. The molecule has 0 radical (unpaired) electrons. The number of nitrogens with zero attached hydrogens (tertiary/aromatic N) is 1. The molecule has 0 atom stereocenters. The van der Waals surface area contributed by atoms with Crippen molar-refractivity contribution in [2.24, 2.45) is 0 Å². The van der Waals surface area contributed by atoms with E-state index in [-0.39, 0.29) is 16.5 Å². The lowest BCUT2D eigenvalue weighted by atomic mass is 10.2. The third-order valence-electron chi connectivity index (χ3n) is 2.80. The molecule has 24 heavy (non-hydrogen) atoms. The number of benzene rings is 2. The number of nitro groups is 1. The van der Waals surface area contributed by atoms with Crippen molar-refractivity contribution in [3.8, 4) is 5.75 Å². The van der Waals surface area contributed by atoms with Gasteiger partial charge in [0.05, 0.1) is 15.5 Å². The molecule has 0 aliphatic carbocycles. The zero-order valence-electron chi connectivity index (χ0n) is 11.5. The molecule has 0 bridgehead atoms. The molecular formula is C13H7ClF3NO5S. The number of halogens is 4.